The fourth-order valence-electron chi connectivity index (χ4n) is 3.30. The zero-order chi connectivity index (χ0) is 21.4. The summed E-state index contributed by atoms with van der Waals surface area (Å²) in [7, 11) is 6.87. The standard InChI is InChI=1S/C22H36N4O3.HI/c1-22(2,3)20(29-7)14-25-21(23-4)24-10-8-9-15-11-17-18(26-15)12-16(27-5)13-19(17)28-6;/h11-13,20,26H,8-10,14H2,1-7H3,(H2,23,24,25);1H. The molecule has 0 spiro atoms. The molecule has 0 radical (unpaired) electrons. The van der Waals surface area contributed by atoms with Gasteiger partial charge in [-0.1, -0.05) is 20.8 Å². The average molecular weight is 532 g/mol. The molecule has 7 nitrogen and oxygen atoms in total. The molecule has 0 aliphatic rings. The Morgan fingerprint density at radius 3 is 2.40 bits per heavy atom. The van der Waals surface area contributed by atoms with E-state index in [4.69, 9.17) is 14.2 Å². The van der Waals surface area contributed by atoms with Gasteiger partial charge in [0, 0.05) is 50.5 Å². The van der Waals surface area contributed by atoms with Crippen molar-refractivity contribution >= 4 is 40.8 Å². The van der Waals surface area contributed by atoms with Crippen molar-refractivity contribution < 1.29 is 14.2 Å². The molecule has 1 atom stereocenters. The van der Waals surface area contributed by atoms with Crippen molar-refractivity contribution in [3.05, 3.63) is 23.9 Å². The molecule has 2 aromatic rings. The molecule has 1 unspecified atom stereocenters. The maximum atomic E-state index is 5.59. The first kappa shape index (κ1) is 26.4. The highest BCUT2D eigenvalue weighted by atomic mass is 127. The maximum absolute atomic E-state index is 5.59. The molecule has 3 N–H and O–H groups in total. The fraction of sp³-hybridized carbons (Fsp3) is 0.591. The van der Waals surface area contributed by atoms with Crippen LogP contribution in [0.15, 0.2) is 23.2 Å². The molecule has 0 bridgehead atoms. The van der Waals surface area contributed by atoms with Gasteiger partial charge in [0.05, 0.1) is 25.8 Å². The van der Waals surface area contributed by atoms with Gasteiger partial charge in [0.2, 0.25) is 0 Å². The molecule has 1 aromatic heterocycles. The molecule has 8 heteroatoms. The van der Waals surface area contributed by atoms with Gasteiger partial charge >= 0.3 is 0 Å². The van der Waals surface area contributed by atoms with E-state index in [0.29, 0.717) is 6.54 Å². The van der Waals surface area contributed by atoms with E-state index in [9.17, 15) is 0 Å². The summed E-state index contributed by atoms with van der Waals surface area (Å²) in [5.41, 5.74) is 2.26. The normalized spacial score (nSPS) is 13.0. The van der Waals surface area contributed by atoms with Crippen molar-refractivity contribution in [2.75, 3.05) is 41.5 Å². The van der Waals surface area contributed by atoms with Gasteiger partial charge in [-0.2, -0.15) is 0 Å². The summed E-state index contributed by atoms with van der Waals surface area (Å²) in [6.45, 7) is 8.05. The number of aromatic nitrogens is 1. The highest BCUT2D eigenvalue weighted by Gasteiger charge is 2.24. The van der Waals surface area contributed by atoms with Gasteiger partial charge in [0.15, 0.2) is 5.96 Å². The topological polar surface area (TPSA) is 79.9 Å². The van der Waals surface area contributed by atoms with E-state index < -0.39 is 0 Å². The van der Waals surface area contributed by atoms with E-state index in [1.807, 2.05) is 12.1 Å². The number of methoxy groups -OCH3 is 3. The van der Waals surface area contributed by atoms with Crippen molar-refractivity contribution in [1.29, 1.82) is 0 Å². The number of hydrogen-bond donors (Lipinski definition) is 3. The number of benzene rings is 1. The summed E-state index contributed by atoms with van der Waals surface area (Å²) in [5, 5.41) is 7.79. The third-order valence-electron chi connectivity index (χ3n) is 5.03. The number of guanidine groups is 1. The van der Waals surface area contributed by atoms with Crippen LogP contribution < -0.4 is 20.1 Å². The van der Waals surface area contributed by atoms with Crippen LogP contribution >= 0.6 is 24.0 Å². The molecule has 0 aliphatic heterocycles. The van der Waals surface area contributed by atoms with Gasteiger partial charge in [0.25, 0.3) is 0 Å². The smallest absolute Gasteiger partial charge is 0.191 e. The molecule has 0 saturated heterocycles. The number of aromatic amines is 1. The third-order valence-corrected chi connectivity index (χ3v) is 5.03. The number of halogens is 1. The number of aryl methyl sites for hydroxylation is 1. The van der Waals surface area contributed by atoms with Crippen molar-refractivity contribution in [3.63, 3.8) is 0 Å². The van der Waals surface area contributed by atoms with Gasteiger partial charge in [-0.05, 0) is 24.3 Å². The lowest BCUT2D eigenvalue weighted by Gasteiger charge is -2.30. The minimum absolute atomic E-state index is 0. The van der Waals surface area contributed by atoms with Crippen LogP contribution in [-0.4, -0.2) is 58.5 Å². The largest absolute Gasteiger partial charge is 0.497 e. The Balaban J connectivity index is 0.00000450. The molecule has 170 valence electrons. The Morgan fingerprint density at radius 2 is 1.83 bits per heavy atom. The Morgan fingerprint density at radius 1 is 1.10 bits per heavy atom. The molecule has 1 heterocycles. The van der Waals surface area contributed by atoms with Crippen LogP contribution in [0.5, 0.6) is 11.5 Å². The number of fused-ring (bicyclic) bond motifs is 1. The first-order valence-electron chi connectivity index (χ1n) is 10.0. The second-order valence-electron chi connectivity index (χ2n) is 8.16. The van der Waals surface area contributed by atoms with Crippen LogP contribution in [0.4, 0.5) is 0 Å². The number of ether oxygens (including phenoxy) is 3. The first-order valence-corrected chi connectivity index (χ1v) is 10.0. The van der Waals surface area contributed by atoms with Gasteiger partial charge in [0.1, 0.15) is 11.5 Å². The summed E-state index contributed by atoms with van der Waals surface area (Å²) in [6.07, 6.45) is 2.01. The van der Waals surface area contributed by atoms with Crippen molar-refractivity contribution in [3.8, 4) is 11.5 Å². The molecule has 2 rings (SSSR count). The molecular formula is C22H37IN4O3. The average Bonchev–Trinajstić information content (AvgIpc) is 3.10. The second-order valence-corrected chi connectivity index (χ2v) is 8.16. The minimum atomic E-state index is 0. The van der Waals surface area contributed by atoms with Crippen LogP contribution in [0.2, 0.25) is 0 Å². The van der Waals surface area contributed by atoms with Crippen LogP contribution in [0.25, 0.3) is 10.9 Å². The third kappa shape index (κ3) is 7.23. The molecule has 0 amide bonds. The zero-order valence-electron chi connectivity index (χ0n) is 19.2. The van der Waals surface area contributed by atoms with Crippen LogP contribution in [-0.2, 0) is 11.2 Å². The Kier molecular flexibility index (Phi) is 10.8. The summed E-state index contributed by atoms with van der Waals surface area (Å²) in [4.78, 5) is 7.76. The number of aliphatic imine (C=N–C) groups is 1. The lowest BCUT2D eigenvalue weighted by Crippen LogP contribution is -2.45. The SMILES string of the molecule is CN=C(NCCCc1cc2c(OC)cc(OC)cc2[nH]1)NCC(OC)C(C)(C)C.I. The van der Waals surface area contributed by atoms with E-state index in [1.165, 1.54) is 5.69 Å². The van der Waals surface area contributed by atoms with E-state index >= 15 is 0 Å². The molecule has 1 aromatic carbocycles. The number of nitrogens with zero attached hydrogens (tertiary/aromatic N) is 1. The van der Waals surface area contributed by atoms with Crippen molar-refractivity contribution in [2.24, 2.45) is 10.4 Å². The Hall–Kier alpha value is -1.68. The second kappa shape index (κ2) is 12.2. The number of H-pyrrole nitrogens is 1. The Labute approximate surface area is 197 Å². The number of hydrogen-bond acceptors (Lipinski definition) is 4. The number of nitrogens with one attached hydrogen (secondary N) is 3. The van der Waals surface area contributed by atoms with Crippen LogP contribution in [0.1, 0.15) is 32.9 Å². The first-order chi connectivity index (χ1) is 13.8. The van der Waals surface area contributed by atoms with Gasteiger partial charge in [-0.25, -0.2) is 0 Å². The van der Waals surface area contributed by atoms with Crippen LogP contribution in [0.3, 0.4) is 0 Å². The van der Waals surface area contributed by atoms with E-state index in [-0.39, 0.29) is 35.5 Å². The van der Waals surface area contributed by atoms with Crippen molar-refractivity contribution in [1.82, 2.24) is 15.6 Å². The van der Waals surface area contributed by atoms with Gasteiger partial charge in [-0.3, -0.25) is 4.99 Å². The molecular weight excluding hydrogens is 495 g/mol. The quantitative estimate of drug-likeness (QED) is 0.197. The Bertz CT molecular complexity index is 815. The lowest BCUT2D eigenvalue weighted by atomic mass is 9.89. The maximum Gasteiger partial charge on any atom is 0.191 e. The van der Waals surface area contributed by atoms with Crippen LogP contribution in [0, 0.1) is 5.41 Å². The molecule has 30 heavy (non-hydrogen) atoms. The summed E-state index contributed by atoms with van der Waals surface area (Å²) in [6, 6.07) is 6.04. The monoisotopic (exact) mass is 532 g/mol. The summed E-state index contributed by atoms with van der Waals surface area (Å²) in [5.74, 6) is 2.39. The summed E-state index contributed by atoms with van der Waals surface area (Å²) < 4.78 is 16.4. The molecule has 0 saturated carbocycles. The van der Waals surface area contributed by atoms with Gasteiger partial charge < -0.3 is 29.8 Å². The predicted octanol–water partition coefficient (Wildman–Crippen LogP) is 3.96. The van der Waals surface area contributed by atoms with Crippen molar-refractivity contribution in [2.45, 2.75) is 39.7 Å². The molecule has 0 aliphatic carbocycles. The number of rotatable bonds is 9. The molecule has 0 fully saturated rings. The van der Waals surface area contributed by atoms with E-state index in [2.05, 4.69) is 47.4 Å². The van der Waals surface area contributed by atoms with E-state index in [0.717, 1.165) is 47.7 Å². The predicted molar refractivity (Wildman–Crippen MR) is 135 cm³/mol. The minimum Gasteiger partial charge on any atom is -0.497 e. The summed E-state index contributed by atoms with van der Waals surface area (Å²) >= 11 is 0. The lowest BCUT2D eigenvalue weighted by molar-refractivity contribution is 0.0205. The highest BCUT2D eigenvalue weighted by molar-refractivity contribution is 14.0. The van der Waals surface area contributed by atoms with E-state index in [1.54, 1.807) is 28.4 Å². The zero-order valence-corrected chi connectivity index (χ0v) is 21.5. The highest BCUT2D eigenvalue weighted by Crippen LogP contribution is 2.31. The fourth-order valence-corrected chi connectivity index (χ4v) is 3.30. The van der Waals surface area contributed by atoms with Gasteiger partial charge in [-0.15, -0.1) is 24.0 Å².